The van der Waals surface area contributed by atoms with Crippen LogP contribution in [0, 0.1) is 0 Å². The van der Waals surface area contributed by atoms with Gasteiger partial charge in [0.1, 0.15) is 5.75 Å². The second kappa shape index (κ2) is 10.3. The summed E-state index contributed by atoms with van der Waals surface area (Å²) in [5, 5.41) is 0. The number of nitrogens with two attached hydrogens (primary N) is 1. The number of nitrogens with zero attached hydrogens (tertiary/aromatic N) is 2. The molecule has 1 aliphatic heterocycles. The zero-order chi connectivity index (χ0) is 17.5. The first-order valence-corrected chi connectivity index (χ1v) is 8.63. The smallest absolute Gasteiger partial charge is 0.257 e. The van der Waals surface area contributed by atoms with Crippen LogP contribution < -0.4 is 10.5 Å². The molecule has 140 valence electrons. The highest BCUT2D eigenvalue weighted by Crippen LogP contribution is 2.20. The van der Waals surface area contributed by atoms with E-state index in [0.29, 0.717) is 50.5 Å². The minimum absolute atomic E-state index is 0. The van der Waals surface area contributed by atoms with Gasteiger partial charge in [0.15, 0.2) is 0 Å². The van der Waals surface area contributed by atoms with Crippen molar-refractivity contribution in [1.82, 2.24) is 9.80 Å². The Kier molecular flexibility index (Phi) is 8.72. The van der Waals surface area contributed by atoms with Gasteiger partial charge in [-0.1, -0.05) is 25.5 Å². The van der Waals surface area contributed by atoms with Gasteiger partial charge in [0.2, 0.25) is 5.91 Å². The largest absolute Gasteiger partial charge is 0.493 e. The van der Waals surface area contributed by atoms with Crippen molar-refractivity contribution in [3.8, 4) is 5.75 Å². The van der Waals surface area contributed by atoms with Crippen LogP contribution >= 0.6 is 12.4 Å². The highest BCUT2D eigenvalue weighted by atomic mass is 35.5. The summed E-state index contributed by atoms with van der Waals surface area (Å²) in [6.45, 7) is 6.51. The first-order valence-electron chi connectivity index (χ1n) is 8.63. The van der Waals surface area contributed by atoms with E-state index in [-0.39, 0.29) is 24.2 Å². The molecule has 1 unspecified atom stereocenters. The maximum absolute atomic E-state index is 12.7. The summed E-state index contributed by atoms with van der Waals surface area (Å²) >= 11 is 0. The molecule has 1 aromatic rings. The maximum atomic E-state index is 12.7. The van der Waals surface area contributed by atoms with Crippen LogP contribution in [0.1, 0.15) is 37.0 Å². The highest BCUT2D eigenvalue weighted by Gasteiger charge is 2.28. The number of rotatable bonds is 6. The molecule has 1 aliphatic rings. The van der Waals surface area contributed by atoms with E-state index in [1.54, 1.807) is 21.9 Å². The van der Waals surface area contributed by atoms with E-state index >= 15 is 0 Å². The van der Waals surface area contributed by atoms with Crippen LogP contribution in [-0.2, 0) is 4.79 Å². The average molecular weight is 370 g/mol. The van der Waals surface area contributed by atoms with Gasteiger partial charge in [0.25, 0.3) is 5.91 Å². The van der Waals surface area contributed by atoms with Gasteiger partial charge in [-0.05, 0) is 25.5 Å². The van der Waals surface area contributed by atoms with Crippen molar-refractivity contribution in [2.24, 2.45) is 5.73 Å². The zero-order valence-corrected chi connectivity index (χ0v) is 15.8. The van der Waals surface area contributed by atoms with Gasteiger partial charge in [-0.25, -0.2) is 0 Å². The topological polar surface area (TPSA) is 75.9 Å². The quantitative estimate of drug-likeness (QED) is 0.831. The van der Waals surface area contributed by atoms with Crippen molar-refractivity contribution < 1.29 is 14.3 Å². The van der Waals surface area contributed by atoms with Crippen molar-refractivity contribution in [1.29, 1.82) is 0 Å². The SMILES string of the molecule is CCCC(N)C(=O)N1CCN(C(=O)c2ccccc2OCC)CC1.Cl. The van der Waals surface area contributed by atoms with Crippen LogP contribution in [0.5, 0.6) is 5.75 Å². The second-order valence-corrected chi connectivity index (χ2v) is 5.94. The molecule has 2 N–H and O–H groups in total. The number of carbonyl (C=O) groups is 2. The molecule has 1 saturated heterocycles. The Balaban J connectivity index is 0.00000312. The predicted molar refractivity (Wildman–Crippen MR) is 100 cm³/mol. The predicted octanol–water partition coefficient (Wildman–Crippen LogP) is 1.92. The fourth-order valence-corrected chi connectivity index (χ4v) is 2.89. The van der Waals surface area contributed by atoms with E-state index in [1.807, 2.05) is 26.0 Å². The molecule has 0 bridgehead atoms. The lowest BCUT2D eigenvalue weighted by molar-refractivity contribution is -0.134. The lowest BCUT2D eigenvalue weighted by atomic mass is 10.1. The summed E-state index contributed by atoms with van der Waals surface area (Å²) in [5.74, 6) is 0.538. The number of carbonyl (C=O) groups excluding carboxylic acids is 2. The minimum atomic E-state index is -0.434. The lowest BCUT2D eigenvalue weighted by Crippen LogP contribution is -2.54. The molecule has 6 nitrogen and oxygen atoms in total. The van der Waals surface area contributed by atoms with Crippen LogP contribution in [0.3, 0.4) is 0 Å². The molecule has 7 heteroatoms. The summed E-state index contributed by atoms with van der Waals surface area (Å²) in [5.41, 5.74) is 6.48. The number of amides is 2. The number of benzene rings is 1. The van der Waals surface area contributed by atoms with Crippen LogP contribution in [0.25, 0.3) is 0 Å². The molecule has 0 aromatic heterocycles. The molecule has 0 radical (unpaired) electrons. The molecule has 1 aromatic carbocycles. The Morgan fingerprint density at radius 1 is 1.12 bits per heavy atom. The van der Waals surface area contributed by atoms with Gasteiger partial charge in [-0.3, -0.25) is 9.59 Å². The van der Waals surface area contributed by atoms with Crippen molar-refractivity contribution in [2.45, 2.75) is 32.7 Å². The Morgan fingerprint density at radius 2 is 1.72 bits per heavy atom. The third kappa shape index (κ3) is 5.34. The molecule has 2 rings (SSSR count). The molecule has 1 atom stereocenters. The molecule has 1 heterocycles. The van der Waals surface area contributed by atoms with Gasteiger partial charge < -0.3 is 20.3 Å². The normalized spacial score (nSPS) is 15.3. The number of ether oxygens (including phenoxy) is 1. The Morgan fingerprint density at radius 3 is 2.32 bits per heavy atom. The summed E-state index contributed by atoms with van der Waals surface area (Å²) in [6, 6.07) is 6.84. The summed E-state index contributed by atoms with van der Waals surface area (Å²) in [6.07, 6.45) is 1.58. The Labute approximate surface area is 155 Å². The van der Waals surface area contributed by atoms with Gasteiger partial charge in [0, 0.05) is 26.2 Å². The molecule has 0 aliphatic carbocycles. The van der Waals surface area contributed by atoms with Crippen LogP contribution in [0.4, 0.5) is 0 Å². The van der Waals surface area contributed by atoms with E-state index in [1.165, 1.54) is 0 Å². The molecule has 0 spiro atoms. The molecule has 1 fully saturated rings. The van der Waals surface area contributed by atoms with Gasteiger partial charge >= 0.3 is 0 Å². The van der Waals surface area contributed by atoms with Gasteiger partial charge in [-0.15, -0.1) is 12.4 Å². The van der Waals surface area contributed by atoms with E-state index < -0.39 is 6.04 Å². The highest BCUT2D eigenvalue weighted by molar-refractivity contribution is 5.97. The third-order valence-corrected chi connectivity index (χ3v) is 4.21. The van der Waals surface area contributed by atoms with Gasteiger partial charge in [-0.2, -0.15) is 0 Å². The molecular weight excluding hydrogens is 342 g/mol. The number of piperazine rings is 1. The Hall–Kier alpha value is -1.79. The van der Waals surface area contributed by atoms with Crippen LogP contribution in [0.2, 0.25) is 0 Å². The van der Waals surface area contributed by atoms with Crippen molar-refractivity contribution in [3.63, 3.8) is 0 Å². The third-order valence-electron chi connectivity index (χ3n) is 4.21. The molecule has 0 saturated carbocycles. The summed E-state index contributed by atoms with van der Waals surface area (Å²) in [4.78, 5) is 28.5. The van der Waals surface area contributed by atoms with E-state index in [4.69, 9.17) is 10.5 Å². The van der Waals surface area contributed by atoms with Crippen molar-refractivity contribution >= 4 is 24.2 Å². The summed E-state index contributed by atoms with van der Waals surface area (Å²) in [7, 11) is 0. The number of para-hydroxylation sites is 1. The standard InChI is InChI=1S/C18H27N3O3.ClH/c1-3-7-15(19)18(23)21-12-10-20(11-13-21)17(22)14-8-5-6-9-16(14)24-4-2;/h5-6,8-9,15H,3-4,7,10-13,19H2,1-2H3;1H. The second-order valence-electron chi connectivity index (χ2n) is 5.94. The van der Waals surface area contributed by atoms with Crippen LogP contribution in [-0.4, -0.2) is 60.4 Å². The minimum Gasteiger partial charge on any atom is -0.493 e. The fraction of sp³-hybridized carbons (Fsp3) is 0.556. The maximum Gasteiger partial charge on any atom is 0.257 e. The van der Waals surface area contributed by atoms with E-state index in [0.717, 1.165) is 6.42 Å². The van der Waals surface area contributed by atoms with Crippen molar-refractivity contribution in [2.75, 3.05) is 32.8 Å². The first-order chi connectivity index (χ1) is 11.6. The monoisotopic (exact) mass is 369 g/mol. The number of hydrogen-bond acceptors (Lipinski definition) is 4. The first kappa shape index (κ1) is 21.3. The van der Waals surface area contributed by atoms with Gasteiger partial charge in [0.05, 0.1) is 18.2 Å². The van der Waals surface area contributed by atoms with Crippen molar-refractivity contribution in [3.05, 3.63) is 29.8 Å². The number of hydrogen-bond donors (Lipinski definition) is 1. The lowest BCUT2D eigenvalue weighted by Gasteiger charge is -2.36. The summed E-state index contributed by atoms with van der Waals surface area (Å²) < 4.78 is 5.54. The van der Waals surface area contributed by atoms with E-state index in [9.17, 15) is 9.59 Å². The average Bonchev–Trinajstić information content (AvgIpc) is 2.61. The van der Waals surface area contributed by atoms with E-state index in [2.05, 4.69) is 0 Å². The fourth-order valence-electron chi connectivity index (χ4n) is 2.89. The van der Waals surface area contributed by atoms with Crippen LogP contribution in [0.15, 0.2) is 24.3 Å². The number of halogens is 1. The Bertz CT molecular complexity index is 574. The molecule has 25 heavy (non-hydrogen) atoms. The zero-order valence-electron chi connectivity index (χ0n) is 14.9. The molecular formula is C18H28ClN3O3. The molecule has 2 amide bonds.